The van der Waals surface area contributed by atoms with Crippen LogP contribution in [0.5, 0.6) is 0 Å². The van der Waals surface area contributed by atoms with Crippen LogP contribution in [0.3, 0.4) is 0 Å². The molecule has 1 aliphatic rings. The number of hydrogen-bond donors (Lipinski definition) is 2. The number of rotatable bonds is 9. The first-order chi connectivity index (χ1) is 21.2. The number of hydrogen-bond acceptors (Lipinski definition) is 5. The molecule has 0 radical (unpaired) electrons. The van der Waals surface area contributed by atoms with Crippen molar-refractivity contribution < 1.29 is 36.3 Å². The second kappa shape index (κ2) is 12.2. The molecule has 45 heavy (non-hydrogen) atoms. The van der Waals surface area contributed by atoms with Crippen LogP contribution in [-0.4, -0.2) is 32.4 Å². The first-order valence-electron chi connectivity index (χ1n) is 13.9. The molecule has 2 heterocycles. The van der Waals surface area contributed by atoms with Gasteiger partial charge in [-0.3, -0.25) is 24.0 Å². The van der Waals surface area contributed by atoms with Gasteiger partial charge in [0.05, 0.1) is 28.6 Å². The number of primary amides is 1. The molecule has 0 bridgehead atoms. The molecule has 2 amide bonds. The van der Waals surface area contributed by atoms with E-state index in [0.29, 0.717) is 17.2 Å². The smallest absolute Gasteiger partial charge is 0.282 e. The van der Waals surface area contributed by atoms with E-state index in [2.05, 4.69) is 15.4 Å². The Labute approximate surface area is 254 Å². The standard InChI is InChI=1S/C32H28F5N5O3/c1-32(2)13-24-27(25(43)14-32)29(30(36)37)41-42(24)15-26(44)40-23(10-16-8-18(33)12-19(34)9-16)28-20(4-3-7-39-28)17-5-6-22(35)21(11-17)31(38)45/h3-9,11-12,23,30H,10,13-15H2,1-2H3,(H2,38,45)(H,40,44)/t23-/m0/s1. The number of carbonyl (C=O) groups excluding carboxylic acids is 3. The summed E-state index contributed by atoms with van der Waals surface area (Å²) in [4.78, 5) is 42.5. The Bertz CT molecular complexity index is 1800. The Morgan fingerprint density at radius 2 is 1.73 bits per heavy atom. The number of benzene rings is 2. The molecular weight excluding hydrogens is 597 g/mol. The molecule has 0 unspecified atom stereocenters. The zero-order chi connectivity index (χ0) is 32.6. The first kappa shape index (κ1) is 31.5. The number of nitrogens with zero attached hydrogens (tertiary/aromatic N) is 3. The first-order valence-corrected chi connectivity index (χ1v) is 13.9. The van der Waals surface area contributed by atoms with Gasteiger partial charge in [0.1, 0.15) is 29.7 Å². The summed E-state index contributed by atoms with van der Waals surface area (Å²) in [5, 5.41) is 6.69. The summed E-state index contributed by atoms with van der Waals surface area (Å²) >= 11 is 0. The third kappa shape index (κ3) is 6.76. The molecule has 0 saturated carbocycles. The van der Waals surface area contributed by atoms with Gasteiger partial charge in [-0.25, -0.2) is 22.0 Å². The summed E-state index contributed by atoms with van der Waals surface area (Å²) < 4.78 is 71.3. The molecule has 2 aromatic heterocycles. The minimum atomic E-state index is -3.04. The monoisotopic (exact) mass is 625 g/mol. The van der Waals surface area contributed by atoms with E-state index in [0.717, 1.165) is 22.9 Å². The number of Topliss-reactive ketones (excluding diaryl/α,β-unsaturated/α-hetero) is 1. The van der Waals surface area contributed by atoms with Crippen LogP contribution < -0.4 is 11.1 Å². The van der Waals surface area contributed by atoms with Crippen molar-refractivity contribution in [1.82, 2.24) is 20.1 Å². The number of ketones is 1. The molecule has 2 aromatic carbocycles. The highest BCUT2D eigenvalue weighted by molar-refractivity contribution is 6.00. The predicted octanol–water partition coefficient (Wildman–Crippen LogP) is 5.65. The minimum Gasteiger partial charge on any atom is -0.366 e. The number of halogens is 5. The lowest BCUT2D eigenvalue weighted by atomic mass is 9.75. The van der Waals surface area contributed by atoms with E-state index in [1.54, 1.807) is 12.1 Å². The van der Waals surface area contributed by atoms with Crippen LogP contribution in [0.1, 0.15) is 76.1 Å². The van der Waals surface area contributed by atoms with Crippen molar-refractivity contribution in [1.29, 1.82) is 0 Å². The topological polar surface area (TPSA) is 120 Å². The molecule has 0 fully saturated rings. The SMILES string of the molecule is CC1(C)CC(=O)c2c(C(F)F)nn(CC(=O)N[C@@H](Cc3cc(F)cc(F)c3)c3ncccc3-c3ccc(F)c(C(N)=O)c3)c2C1. The molecule has 13 heteroatoms. The largest absolute Gasteiger partial charge is 0.366 e. The van der Waals surface area contributed by atoms with Gasteiger partial charge in [0, 0.05) is 24.2 Å². The maximum absolute atomic E-state index is 14.3. The van der Waals surface area contributed by atoms with Gasteiger partial charge >= 0.3 is 0 Å². The van der Waals surface area contributed by atoms with Gasteiger partial charge in [0.2, 0.25) is 5.91 Å². The van der Waals surface area contributed by atoms with E-state index in [1.807, 2.05) is 13.8 Å². The molecule has 0 spiro atoms. The van der Waals surface area contributed by atoms with Crippen molar-refractivity contribution in [2.75, 3.05) is 0 Å². The summed E-state index contributed by atoms with van der Waals surface area (Å²) in [6.45, 7) is 3.07. The highest BCUT2D eigenvalue weighted by atomic mass is 19.3. The van der Waals surface area contributed by atoms with Gasteiger partial charge in [-0.2, -0.15) is 5.10 Å². The van der Waals surface area contributed by atoms with Crippen molar-refractivity contribution in [3.05, 3.63) is 106 Å². The van der Waals surface area contributed by atoms with Crippen LogP contribution in [-0.2, 0) is 24.2 Å². The second-order valence-corrected chi connectivity index (χ2v) is 11.7. The van der Waals surface area contributed by atoms with E-state index < -0.39 is 65.2 Å². The van der Waals surface area contributed by atoms with Crippen LogP contribution in [0.4, 0.5) is 22.0 Å². The van der Waals surface area contributed by atoms with E-state index in [9.17, 15) is 36.3 Å². The highest BCUT2D eigenvalue weighted by Gasteiger charge is 2.38. The van der Waals surface area contributed by atoms with Crippen LogP contribution in [0, 0.1) is 22.9 Å². The fourth-order valence-corrected chi connectivity index (χ4v) is 5.70. The van der Waals surface area contributed by atoms with E-state index in [1.165, 1.54) is 18.3 Å². The maximum atomic E-state index is 14.3. The number of nitrogens with two attached hydrogens (primary N) is 1. The fraction of sp³-hybridized carbons (Fsp3) is 0.281. The summed E-state index contributed by atoms with van der Waals surface area (Å²) in [5.41, 5.74) is 4.76. The number of pyridine rings is 1. The summed E-state index contributed by atoms with van der Waals surface area (Å²) in [7, 11) is 0. The van der Waals surface area contributed by atoms with Crippen molar-refractivity contribution in [3.63, 3.8) is 0 Å². The Balaban J connectivity index is 1.54. The number of fused-ring (bicyclic) bond motifs is 1. The molecule has 0 aliphatic heterocycles. The van der Waals surface area contributed by atoms with Crippen LogP contribution in [0.2, 0.25) is 0 Å². The number of nitrogens with one attached hydrogen (secondary N) is 1. The Morgan fingerprint density at radius 1 is 1.02 bits per heavy atom. The average Bonchev–Trinajstić information content (AvgIpc) is 3.29. The molecule has 4 aromatic rings. The van der Waals surface area contributed by atoms with Gasteiger partial charge in [-0.15, -0.1) is 0 Å². The Morgan fingerprint density at radius 3 is 2.40 bits per heavy atom. The summed E-state index contributed by atoms with van der Waals surface area (Å²) in [6.07, 6.45) is -1.52. The van der Waals surface area contributed by atoms with Gasteiger partial charge in [-0.1, -0.05) is 26.0 Å². The maximum Gasteiger partial charge on any atom is 0.282 e. The van der Waals surface area contributed by atoms with E-state index in [4.69, 9.17) is 5.73 Å². The van der Waals surface area contributed by atoms with Crippen LogP contribution in [0.25, 0.3) is 11.1 Å². The lowest BCUT2D eigenvalue weighted by Crippen LogP contribution is -2.35. The average molecular weight is 626 g/mol. The molecule has 0 saturated heterocycles. The zero-order valence-corrected chi connectivity index (χ0v) is 24.2. The molecular formula is C32H28F5N5O3. The summed E-state index contributed by atoms with van der Waals surface area (Å²) in [6, 6.07) is 8.61. The molecule has 1 aliphatic carbocycles. The van der Waals surface area contributed by atoms with Crippen molar-refractivity contribution in [3.8, 4) is 11.1 Å². The highest BCUT2D eigenvalue weighted by Crippen LogP contribution is 2.38. The lowest BCUT2D eigenvalue weighted by molar-refractivity contribution is -0.122. The lowest BCUT2D eigenvalue weighted by Gasteiger charge is -2.29. The second-order valence-electron chi connectivity index (χ2n) is 11.7. The van der Waals surface area contributed by atoms with Crippen LogP contribution in [0.15, 0.2) is 54.7 Å². The van der Waals surface area contributed by atoms with Gasteiger partial charge in [0.25, 0.3) is 12.3 Å². The quantitative estimate of drug-likeness (QED) is 0.233. The predicted molar refractivity (Wildman–Crippen MR) is 153 cm³/mol. The van der Waals surface area contributed by atoms with Crippen molar-refractivity contribution in [2.45, 2.75) is 52.1 Å². The molecule has 8 nitrogen and oxygen atoms in total. The van der Waals surface area contributed by atoms with E-state index in [-0.39, 0.29) is 47.3 Å². The molecule has 234 valence electrons. The van der Waals surface area contributed by atoms with Crippen LogP contribution >= 0.6 is 0 Å². The number of amides is 2. The number of aromatic nitrogens is 3. The van der Waals surface area contributed by atoms with Crippen molar-refractivity contribution in [2.24, 2.45) is 11.1 Å². The van der Waals surface area contributed by atoms with E-state index >= 15 is 0 Å². The van der Waals surface area contributed by atoms with Gasteiger partial charge in [-0.05, 0) is 59.7 Å². The molecule has 1 atom stereocenters. The van der Waals surface area contributed by atoms with Gasteiger partial charge in [0.15, 0.2) is 5.78 Å². The summed E-state index contributed by atoms with van der Waals surface area (Å²) in [5.74, 6) is -4.75. The third-order valence-electron chi connectivity index (χ3n) is 7.56. The number of alkyl halides is 2. The van der Waals surface area contributed by atoms with Crippen molar-refractivity contribution >= 4 is 17.6 Å². The molecule has 5 rings (SSSR count). The van der Waals surface area contributed by atoms with Gasteiger partial charge < -0.3 is 11.1 Å². The minimum absolute atomic E-state index is 0.0488. The fourth-order valence-electron chi connectivity index (χ4n) is 5.70. The number of carbonyl (C=O) groups is 3. The normalized spacial score (nSPS) is 14.7. The Hall–Kier alpha value is -4.94. The third-order valence-corrected chi connectivity index (χ3v) is 7.56. The Kier molecular flexibility index (Phi) is 8.55. The zero-order valence-electron chi connectivity index (χ0n) is 24.2. The molecule has 3 N–H and O–H groups in total.